The van der Waals surface area contributed by atoms with Gasteiger partial charge in [-0.15, -0.1) is 0 Å². The first kappa shape index (κ1) is 21.8. The summed E-state index contributed by atoms with van der Waals surface area (Å²) >= 11 is 6.03. The number of carbonyl (C=O) groups excluding carboxylic acids is 1. The van der Waals surface area contributed by atoms with E-state index in [0.29, 0.717) is 43.3 Å². The Kier molecular flexibility index (Phi) is 8.36. The summed E-state index contributed by atoms with van der Waals surface area (Å²) in [6, 6.07) is 0. The SMILES string of the molecule is CCCC1C(=C=O)C(OC)=CC=C1OCCCOc1cnn(CC)c(=O)c1Cl. The molecule has 0 saturated heterocycles. The number of halogens is 1. The maximum Gasteiger partial charge on any atom is 0.289 e. The second-order valence-corrected chi connectivity index (χ2v) is 6.53. The lowest BCUT2D eigenvalue weighted by Crippen LogP contribution is -2.23. The van der Waals surface area contributed by atoms with Crippen LogP contribution in [0.1, 0.15) is 33.1 Å². The van der Waals surface area contributed by atoms with Gasteiger partial charge in [-0.25, -0.2) is 9.48 Å². The molecule has 28 heavy (non-hydrogen) atoms. The van der Waals surface area contributed by atoms with Crippen LogP contribution in [-0.4, -0.2) is 36.0 Å². The van der Waals surface area contributed by atoms with Crippen molar-refractivity contribution in [3.8, 4) is 5.75 Å². The number of hydrogen-bond donors (Lipinski definition) is 0. The maximum atomic E-state index is 11.9. The van der Waals surface area contributed by atoms with Crippen LogP contribution in [0, 0.1) is 5.92 Å². The summed E-state index contributed by atoms with van der Waals surface area (Å²) in [5.74, 6) is 3.32. The molecule has 1 aromatic rings. The molecule has 1 heterocycles. The van der Waals surface area contributed by atoms with Crippen LogP contribution >= 0.6 is 11.6 Å². The zero-order valence-electron chi connectivity index (χ0n) is 16.4. The number of allylic oxidation sites excluding steroid dienone is 4. The molecule has 1 atom stereocenters. The first-order valence-electron chi connectivity index (χ1n) is 9.29. The zero-order chi connectivity index (χ0) is 20.5. The minimum absolute atomic E-state index is 0.0220. The molecule has 0 radical (unpaired) electrons. The predicted octanol–water partition coefficient (Wildman–Crippen LogP) is 3.30. The van der Waals surface area contributed by atoms with Crippen molar-refractivity contribution in [2.45, 2.75) is 39.7 Å². The van der Waals surface area contributed by atoms with Crippen molar-refractivity contribution < 1.29 is 19.0 Å². The van der Waals surface area contributed by atoms with Gasteiger partial charge in [0.2, 0.25) is 0 Å². The highest BCUT2D eigenvalue weighted by Crippen LogP contribution is 2.33. The fourth-order valence-corrected chi connectivity index (χ4v) is 3.11. The van der Waals surface area contributed by atoms with Gasteiger partial charge in [0, 0.05) is 13.0 Å². The Labute approximate surface area is 169 Å². The van der Waals surface area contributed by atoms with Crippen molar-refractivity contribution in [1.82, 2.24) is 9.78 Å². The zero-order valence-corrected chi connectivity index (χ0v) is 17.1. The molecule has 1 aromatic heterocycles. The van der Waals surface area contributed by atoms with Crippen LogP contribution in [-0.2, 0) is 20.8 Å². The van der Waals surface area contributed by atoms with Gasteiger partial charge in [-0.3, -0.25) is 4.79 Å². The Morgan fingerprint density at radius 2 is 2.00 bits per heavy atom. The van der Waals surface area contributed by atoms with Gasteiger partial charge in [0.25, 0.3) is 5.56 Å². The Balaban J connectivity index is 1.91. The highest BCUT2D eigenvalue weighted by atomic mass is 35.5. The molecule has 0 aliphatic heterocycles. The number of hydrogen-bond acceptors (Lipinski definition) is 6. The molecule has 1 unspecified atom stereocenters. The third-order valence-corrected chi connectivity index (χ3v) is 4.68. The van der Waals surface area contributed by atoms with E-state index in [9.17, 15) is 9.59 Å². The molecule has 0 N–H and O–H groups in total. The number of ether oxygens (including phenoxy) is 3. The van der Waals surface area contributed by atoms with Crippen molar-refractivity contribution in [2.24, 2.45) is 5.92 Å². The lowest BCUT2D eigenvalue weighted by molar-refractivity contribution is 0.156. The van der Waals surface area contributed by atoms with E-state index >= 15 is 0 Å². The molecule has 1 aliphatic rings. The molecule has 0 amide bonds. The summed E-state index contributed by atoms with van der Waals surface area (Å²) in [5, 5.41) is 4.01. The maximum absolute atomic E-state index is 11.9. The quantitative estimate of drug-likeness (QED) is 0.436. The Hall–Kier alpha value is -2.50. The highest BCUT2D eigenvalue weighted by molar-refractivity contribution is 6.31. The van der Waals surface area contributed by atoms with Crippen molar-refractivity contribution in [2.75, 3.05) is 20.3 Å². The van der Waals surface area contributed by atoms with Gasteiger partial charge in [0.15, 0.2) is 10.8 Å². The minimum atomic E-state index is -0.374. The van der Waals surface area contributed by atoms with Crippen LogP contribution in [0.3, 0.4) is 0 Å². The van der Waals surface area contributed by atoms with E-state index in [1.165, 1.54) is 18.0 Å². The monoisotopic (exact) mass is 408 g/mol. The Morgan fingerprint density at radius 3 is 2.64 bits per heavy atom. The largest absolute Gasteiger partial charge is 0.497 e. The smallest absolute Gasteiger partial charge is 0.289 e. The molecule has 2 rings (SSSR count). The fourth-order valence-electron chi connectivity index (χ4n) is 2.91. The minimum Gasteiger partial charge on any atom is -0.497 e. The average Bonchev–Trinajstić information content (AvgIpc) is 2.71. The van der Waals surface area contributed by atoms with E-state index in [2.05, 4.69) is 5.10 Å². The molecule has 0 bridgehead atoms. The van der Waals surface area contributed by atoms with Crippen molar-refractivity contribution in [1.29, 1.82) is 0 Å². The van der Waals surface area contributed by atoms with Gasteiger partial charge >= 0.3 is 0 Å². The van der Waals surface area contributed by atoms with Gasteiger partial charge < -0.3 is 14.2 Å². The van der Waals surface area contributed by atoms with Crippen LogP contribution < -0.4 is 10.3 Å². The van der Waals surface area contributed by atoms with Gasteiger partial charge in [-0.2, -0.15) is 5.10 Å². The molecule has 0 saturated carbocycles. The molecule has 7 nitrogen and oxygen atoms in total. The number of aryl methyl sites for hydroxylation is 1. The highest BCUT2D eigenvalue weighted by Gasteiger charge is 2.27. The normalized spacial score (nSPS) is 16.1. The van der Waals surface area contributed by atoms with Crippen LogP contribution in [0.15, 0.2) is 40.2 Å². The Bertz CT molecular complexity index is 853. The molecule has 0 spiro atoms. The van der Waals surface area contributed by atoms with Gasteiger partial charge in [-0.05, 0) is 25.5 Å². The lowest BCUT2D eigenvalue weighted by Gasteiger charge is -2.25. The fraction of sp³-hybridized carbons (Fsp3) is 0.500. The first-order valence-corrected chi connectivity index (χ1v) is 9.67. The third kappa shape index (κ3) is 5.06. The summed E-state index contributed by atoms with van der Waals surface area (Å²) < 4.78 is 17.9. The summed E-state index contributed by atoms with van der Waals surface area (Å²) in [4.78, 5) is 23.3. The molecule has 1 aliphatic carbocycles. The number of methoxy groups -OCH3 is 1. The summed E-state index contributed by atoms with van der Waals surface area (Å²) in [7, 11) is 1.53. The van der Waals surface area contributed by atoms with Crippen molar-refractivity contribution in [3.05, 3.63) is 50.8 Å². The second-order valence-electron chi connectivity index (χ2n) is 6.16. The van der Waals surface area contributed by atoms with Crippen LogP contribution in [0.4, 0.5) is 0 Å². The number of aromatic nitrogens is 2. The van der Waals surface area contributed by atoms with E-state index in [1.54, 1.807) is 6.08 Å². The van der Waals surface area contributed by atoms with Crippen LogP contribution in [0.25, 0.3) is 0 Å². The van der Waals surface area contributed by atoms with E-state index in [1.807, 2.05) is 25.9 Å². The summed E-state index contributed by atoms with van der Waals surface area (Å²) in [6.07, 6.45) is 7.21. The second kappa shape index (κ2) is 10.7. The van der Waals surface area contributed by atoms with Crippen LogP contribution in [0.5, 0.6) is 5.75 Å². The van der Waals surface area contributed by atoms with E-state index in [4.69, 9.17) is 25.8 Å². The summed E-state index contributed by atoms with van der Waals surface area (Å²) in [6.45, 7) is 5.01. The molecule has 0 aromatic carbocycles. The topological polar surface area (TPSA) is 79.7 Å². The lowest BCUT2D eigenvalue weighted by atomic mass is 9.88. The molecular formula is C20H25ClN2O5. The Morgan fingerprint density at radius 1 is 1.25 bits per heavy atom. The first-order chi connectivity index (χ1) is 13.6. The van der Waals surface area contributed by atoms with Gasteiger partial charge in [0.05, 0.1) is 38.0 Å². The third-order valence-electron chi connectivity index (χ3n) is 4.33. The number of nitrogens with zero attached hydrogens (tertiary/aromatic N) is 2. The molecule has 0 fully saturated rings. The standard InChI is InChI=1S/C20H25ClN2O5/c1-4-7-14-15(13-24)16(26-3)8-9-17(14)27-10-6-11-28-18-12-22-23(5-2)20(25)19(18)21/h8-9,12,14H,4-7,10-11H2,1-3H3. The average molecular weight is 409 g/mol. The molecule has 8 heteroatoms. The summed E-state index contributed by atoms with van der Waals surface area (Å²) in [5.41, 5.74) is 0.106. The van der Waals surface area contributed by atoms with Gasteiger partial charge in [-0.1, -0.05) is 24.9 Å². The predicted molar refractivity (Wildman–Crippen MR) is 106 cm³/mol. The molecule has 152 valence electrons. The van der Waals surface area contributed by atoms with Crippen LogP contribution in [0.2, 0.25) is 5.02 Å². The molecular weight excluding hydrogens is 384 g/mol. The number of rotatable bonds is 10. The van der Waals surface area contributed by atoms with E-state index in [-0.39, 0.29) is 22.2 Å². The van der Waals surface area contributed by atoms with Crippen molar-refractivity contribution >= 4 is 17.5 Å². The van der Waals surface area contributed by atoms with E-state index in [0.717, 1.165) is 12.8 Å². The van der Waals surface area contributed by atoms with E-state index < -0.39 is 0 Å². The van der Waals surface area contributed by atoms with Crippen molar-refractivity contribution in [3.63, 3.8) is 0 Å². The van der Waals surface area contributed by atoms with Gasteiger partial charge in [0.1, 0.15) is 17.5 Å².